The number of aromatic hydroxyl groups is 2. The van der Waals surface area contributed by atoms with E-state index in [1.807, 2.05) is 28.8 Å². The molecule has 11 nitrogen and oxygen atoms in total. The quantitative estimate of drug-likeness (QED) is 0.348. The van der Waals surface area contributed by atoms with E-state index in [1.54, 1.807) is 0 Å². The van der Waals surface area contributed by atoms with Gasteiger partial charge >= 0.3 is 0 Å². The average Bonchev–Trinajstić information content (AvgIpc) is 3.16. The van der Waals surface area contributed by atoms with E-state index in [2.05, 4.69) is 38.5 Å². The Morgan fingerprint density at radius 3 is 2.15 bits per heavy atom. The summed E-state index contributed by atoms with van der Waals surface area (Å²) < 4.78 is 5.11. The van der Waals surface area contributed by atoms with Crippen LogP contribution in [0.1, 0.15) is 47.1 Å². The SMILES string of the molecule is COc1cc(O)c(CNc2nc(N(CCO)C(C)C)nc3c2N(C(C)C)NN3C(C)C)c(O)c1. The van der Waals surface area contributed by atoms with E-state index in [-0.39, 0.29) is 42.8 Å². The van der Waals surface area contributed by atoms with Crippen molar-refractivity contribution in [1.82, 2.24) is 15.5 Å². The van der Waals surface area contributed by atoms with E-state index >= 15 is 0 Å². The second kappa shape index (κ2) is 10.4. The fourth-order valence-electron chi connectivity index (χ4n) is 3.80. The van der Waals surface area contributed by atoms with Crippen LogP contribution < -0.4 is 30.5 Å². The molecular weight excluding hydrogens is 438 g/mol. The van der Waals surface area contributed by atoms with Crippen LogP contribution in [0.25, 0.3) is 0 Å². The van der Waals surface area contributed by atoms with Crippen LogP contribution in [0.15, 0.2) is 12.1 Å². The minimum absolute atomic E-state index is 0.0285. The molecule has 5 N–H and O–H groups in total. The Balaban J connectivity index is 2.10. The van der Waals surface area contributed by atoms with Gasteiger partial charge in [-0.25, -0.2) is 0 Å². The number of rotatable bonds is 10. The van der Waals surface area contributed by atoms with Crippen LogP contribution in [0.5, 0.6) is 17.2 Å². The molecule has 0 spiro atoms. The maximum absolute atomic E-state index is 10.4. The highest BCUT2D eigenvalue weighted by atomic mass is 16.5. The Bertz CT molecular complexity index is 977. The maximum atomic E-state index is 10.4. The van der Waals surface area contributed by atoms with Crippen molar-refractivity contribution < 1.29 is 20.1 Å². The first-order valence-electron chi connectivity index (χ1n) is 11.6. The zero-order chi connectivity index (χ0) is 25.2. The zero-order valence-electron chi connectivity index (χ0n) is 21.0. The van der Waals surface area contributed by atoms with Gasteiger partial charge in [-0.05, 0) is 41.5 Å². The van der Waals surface area contributed by atoms with E-state index in [9.17, 15) is 15.3 Å². The van der Waals surface area contributed by atoms with Gasteiger partial charge in [-0.2, -0.15) is 9.97 Å². The molecule has 0 unspecified atom stereocenters. The third-order valence-electron chi connectivity index (χ3n) is 5.64. The smallest absolute Gasteiger partial charge is 0.229 e. The van der Waals surface area contributed by atoms with E-state index in [1.165, 1.54) is 19.2 Å². The molecule has 0 saturated heterocycles. The standard InChI is InChI=1S/C23H37N7O4/c1-13(2)28(8-9-31)23-25-21(24-12-17-18(32)10-16(34-7)11-19(17)33)20-22(26-23)30(15(5)6)27-29(20)14(3)4/h10-11,13-15,27,31-33H,8-9,12H2,1-7H3,(H,24,25,26). The molecule has 1 aromatic heterocycles. The van der Waals surface area contributed by atoms with Crippen molar-refractivity contribution in [2.75, 3.05) is 40.5 Å². The minimum Gasteiger partial charge on any atom is -0.507 e. The number of phenolic OH excluding ortho intramolecular Hbond substituents is 2. The number of methoxy groups -OCH3 is 1. The number of aliphatic hydroxyl groups excluding tert-OH is 1. The number of nitrogens with one attached hydrogen (secondary N) is 2. The van der Waals surface area contributed by atoms with E-state index < -0.39 is 0 Å². The predicted octanol–water partition coefficient (Wildman–Crippen LogP) is 2.58. The van der Waals surface area contributed by atoms with Crippen molar-refractivity contribution in [1.29, 1.82) is 0 Å². The molecule has 188 valence electrons. The lowest BCUT2D eigenvalue weighted by Gasteiger charge is -2.28. The summed E-state index contributed by atoms with van der Waals surface area (Å²) in [5.41, 5.74) is 4.50. The Morgan fingerprint density at radius 1 is 1.03 bits per heavy atom. The van der Waals surface area contributed by atoms with Gasteiger partial charge in [0.05, 0.1) is 19.3 Å². The van der Waals surface area contributed by atoms with Crippen molar-refractivity contribution in [2.45, 2.75) is 66.2 Å². The fraction of sp³-hybridized carbons (Fsp3) is 0.565. The zero-order valence-corrected chi connectivity index (χ0v) is 21.0. The van der Waals surface area contributed by atoms with Gasteiger partial charge in [0.1, 0.15) is 22.9 Å². The lowest BCUT2D eigenvalue weighted by atomic mass is 10.1. The molecule has 0 atom stereocenters. The van der Waals surface area contributed by atoms with Crippen molar-refractivity contribution in [3.63, 3.8) is 0 Å². The molecule has 2 heterocycles. The Labute approximate surface area is 200 Å². The van der Waals surface area contributed by atoms with Crippen LogP contribution in [-0.2, 0) is 6.54 Å². The number of ether oxygens (including phenoxy) is 1. The van der Waals surface area contributed by atoms with Crippen molar-refractivity contribution in [3.05, 3.63) is 17.7 Å². The molecule has 0 amide bonds. The van der Waals surface area contributed by atoms with Crippen molar-refractivity contribution in [2.24, 2.45) is 0 Å². The number of hydrazine groups is 2. The summed E-state index contributed by atoms with van der Waals surface area (Å²) in [6.07, 6.45) is 0. The molecule has 3 rings (SSSR count). The number of aliphatic hydroxyl groups is 1. The van der Waals surface area contributed by atoms with Gasteiger partial charge in [0.25, 0.3) is 0 Å². The molecule has 1 aliphatic rings. The highest BCUT2D eigenvalue weighted by molar-refractivity contribution is 5.83. The summed E-state index contributed by atoms with van der Waals surface area (Å²) in [5.74, 6) is 1.93. The summed E-state index contributed by atoms with van der Waals surface area (Å²) >= 11 is 0. The van der Waals surface area contributed by atoms with Gasteiger partial charge in [-0.3, -0.25) is 10.0 Å². The summed E-state index contributed by atoms with van der Waals surface area (Å²) in [7, 11) is 1.47. The molecule has 11 heteroatoms. The van der Waals surface area contributed by atoms with E-state index in [0.29, 0.717) is 35.4 Å². The number of nitrogens with zero attached hydrogens (tertiary/aromatic N) is 5. The molecule has 34 heavy (non-hydrogen) atoms. The summed E-state index contributed by atoms with van der Waals surface area (Å²) in [6, 6.07) is 3.18. The molecule has 2 aromatic rings. The third-order valence-corrected chi connectivity index (χ3v) is 5.64. The lowest BCUT2D eigenvalue weighted by molar-refractivity contribution is 0.298. The molecular formula is C23H37N7O4. The minimum atomic E-state index is -0.0815. The van der Waals surface area contributed by atoms with E-state index in [4.69, 9.17) is 14.7 Å². The number of aromatic nitrogens is 2. The largest absolute Gasteiger partial charge is 0.507 e. The average molecular weight is 476 g/mol. The number of fused-ring (bicyclic) bond motifs is 1. The second-order valence-corrected chi connectivity index (χ2v) is 9.08. The van der Waals surface area contributed by atoms with Gasteiger partial charge in [0, 0.05) is 43.3 Å². The molecule has 1 aliphatic heterocycles. The second-order valence-electron chi connectivity index (χ2n) is 9.08. The summed E-state index contributed by atoms with van der Waals surface area (Å²) in [6.45, 7) is 12.8. The van der Waals surface area contributed by atoms with Gasteiger partial charge in [0.15, 0.2) is 11.6 Å². The van der Waals surface area contributed by atoms with Crippen molar-refractivity contribution >= 4 is 23.3 Å². The fourth-order valence-corrected chi connectivity index (χ4v) is 3.80. The van der Waals surface area contributed by atoms with Crippen LogP contribution in [0.2, 0.25) is 0 Å². The topological polar surface area (TPSA) is 129 Å². The molecule has 0 aliphatic carbocycles. The first kappa shape index (κ1) is 25.4. The third kappa shape index (κ3) is 5.00. The van der Waals surface area contributed by atoms with Crippen molar-refractivity contribution in [3.8, 4) is 17.2 Å². The first-order chi connectivity index (χ1) is 16.1. The van der Waals surface area contributed by atoms with Crippen LogP contribution >= 0.6 is 0 Å². The summed E-state index contributed by atoms with van der Waals surface area (Å²) in [4.78, 5) is 11.6. The number of benzene rings is 1. The highest BCUT2D eigenvalue weighted by Crippen LogP contribution is 2.42. The van der Waals surface area contributed by atoms with Crippen LogP contribution in [0.3, 0.4) is 0 Å². The molecule has 0 bridgehead atoms. The van der Waals surface area contributed by atoms with Crippen LogP contribution in [0.4, 0.5) is 23.3 Å². The normalized spacial score (nSPS) is 13.3. The van der Waals surface area contributed by atoms with Gasteiger partial charge in [-0.1, -0.05) is 0 Å². The van der Waals surface area contributed by atoms with Gasteiger partial charge < -0.3 is 30.3 Å². The van der Waals surface area contributed by atoms with Crippen LogP contribution in [0, 0.1) is 0 Å². The van der Waals surface area contributed by atoms with Gasteiger partial charge in [-0.15, -0.1) is 5.53 Å². The first-order valence-corrected chi connectivity index (χ1v) is 11.6. The lowest BCUT2D eigenvalue weighted by Crippen LogP contribution is -2.50. The number of hydrogen-bond donors (Lipinski definition) is 5. The number of hydrogen-bond acceptors (Lipinski definition) is 11. The molecule has 0 radical (unpaired) electrons. The Kier molecular flexibility index (Phi) is 7.78. The molecule has 0 saturated carbocycles. The van der Waals surface area contributed by atoms with Crippen LogP contribution in [-0.4, -0.2) is 63.7 Å². The number of anilines is 4. The summed E-state index contributed by atoms with van der Waals surface area (Å²) in [5, 5.41) is 37.7. The molecule has 1 aromatic carbocycles. The Morgan fingerprint density at radius 2 is 1.65 bits per heavy atom. The Hall–Kier alpha value is -3.18. The maximum Gasteiger partial charge on any atom is 0.229 e. The monoisotopic (exact) mass is 475 g/mol. The highest BCUT2D eigenvalue weighted by Gasteiger charge is 2.35. The van der Waals surface area contributed by atoms with Gasteiger partial charge in [0.2, 0.25) is 5.95 Å². The van der Waals surface area contributed by atoms with E-state index in [0.717, 1.165) is 5.69 Å². The molecule has 0 fully saturated rings. The number of phenols is 2. The predicted molar refractivity (Wildman–Crippen MR) is 134 cm³/mol.